The summed E-state index contributed by atoms with van der Waals surface area (Å²) < 4.78 is 79.6. The predicted molar refractivity (Wildman–Crippen MR) is 162 cm³/mol. The Kier molecular flexibility index (Phi) is 11.9. The average molecular weight is 644 g/mol. The number of aliphatic hydroxyl groups is 1. The number of anilines is 1. The summed E-state index contributed by atoms with van der Waals surface area (Å²) in [6.07, 6.45) is 2.19. The third-order valence-electron chi connectivity index (χ3n) is 7.31. The van der Waals surface area contributed by atoms with Crippen LogP contribution in [0.25, 0.3) is 0 Å². The highest BCUT2D eigenvalue weighted by atomic mass is 32.2. The number of benzene rings is 2. The fraction of sp³-hybridized carbons (Fsp3) is 0.552. The van der Waals surface area contributed by atoms with E-state index in [1.807, 2.05) is 13.8 Å². The van der Waals surface area contributed by atoms with E-state index < -0.39 is 49.8 Å². The molecule has 240 valence electrons. The number of nitrogens with zero attached hydrogens (tertiary/aromatic N) is 2. The van der Waals surface area contributed by atoms with E-state index >= 15 is 0 Å². The van der Waals surface area contributed by atoms with Crippen molar-refractivity contribution in [1.82, 2.24) is 9.21 Å². The smallest absolute Gasteiger partial charge is 0.258 e. The van der Waals surface area contributed by atoms with Gasteiger partial charge < -0.3 is 19.5 Å². The van der Waals surface area contributed by atoms with E-state index in [2.05, 4.69) is 4.72 Å². The second-order valence-electron chi connectivity index (χ2n) is 11.1. The van der Waals surface area contributed by atoms with E-state index in [1.54, 1.807) is 13.0 Å². The van der Waals surface area contributed by atoms with Crippen molar-refractivity contribution < 1.29 is 40.6 Å². The number of nitrogens with one attached hydrogen (secondary N) is 1. The summed E-state index contributed by atoms with van der Waals surface area (Å²) in [6, 6.07) is 8.42. The third kappa shape index (κ3) is 9.60. The lowest BCUT2D eigenvalue weighted by atomic mass is 10.0. The number of carbonyl (C=O) groups is 1. The van der Waals surface area contributed by atoms with Crippen LogP contribution in [0.15, 0.2) is 47.4 Å². The number of sulfonamides is 2. The third-order valence-corrected chi connectivity index (χ3v) is 9.76. The summed E-state index contributed by atoms with van der Waals surface area (Å²) in [5.41, 5.74) is 0.309. The molecule has 0 fully saturated rings. The van der Waals surface area contributed by atoms with Gasteiger partial charge in [-0.15, -0.1) is 0 Å². The van der Waals surface area contributed by atoms with E-state index in [4.69, 9.17) is 9.47 Å². The summed E-state index contributed by atoms with van der Waals surface area (Å²) in [5, 5.41) is 10.1. The Balaban J connectivity index is 1.98. The maximum Gasteiger partial charge on any atom is 0.258 e. The first kappa shape index (κ1) is 34.7. The molecule has 2 N–H and O–H groups in total. The van der Waals surface area contributed by atoms with Crippen LogP contribution < -0.4 is 9.46 Å². The maximum absolute atomic E-state index is 14.1. The second kappa shape index (κ2) is 14.8. The largest absolute Gasteiger partial charge is 0.490 e. The molecule has 1 amide bonds. The van der Waals surface area contributed by atoms with Crippen molar-refractivity contribution in [3.8, 4) is 5.75 Å². The van der Waals surface area contributed by atoms with Crippen molar-refractivity contribution in [2.45, 2.75) is 63.2 Å². The van der Waals surface area contributed by atoms with Gasteiger partial charge in [0.1, 0.15) is 11.6 Å². The number of ether oxygens (including phenoxy) is 2. The lowest BCUT2D eigenvalue weighted by Gasteiger charge is -2.35. The van der Waals surface area contributed by atoms with Gasteiger partial charge in [-0.2, -0.15) is 4.31 Å². The van der Waals surface area contributed by atoms with Crippen LogP contribution >= 0.6 is 0 Å². The minimum Gasteiger partial charge on any atom is -0.490 e. The highest BCUT2D eigenvalue weighted by Gasteiger charge is 2.32. The lowest BCUT2D eigenvalue weighted by Crippen LogP contribution is -2.48. The van der Waals surface area contributed by atoms with Crippen molar-refractivity contribution in [3.63, 3.8) is 0 Å². The number of amides is 1. The van der Waals surface area contributed by atoms with Crippen LogP contribution in [0.5, 0.6) is 5.75 Å². The summed E-state index contributed by atoms with van der Waals surface area (Å²) in [5.74, 6) is -1.15. The number of aliphatic hydroxyl groups excluding tert-OH is 1. The molecule has 2 aromatic carbocycles. The zero-order chi connectivity index (χ0) is 31.9. The monoisotopic (exact) mass is 643 g/mol. The normalized spacial score (nSPS) is 21.9. The Morgan fingerprint density at radius 1 is 1.12 bits per heavy atom. The van der Waals surface area contributed by atoms with E-state index in [9.17, 15) is 31.1 Å². The molecule has 4 atom stereocenters. The Morgan fingerprint density at radius 2 is 1.79 bits per heavy atom. The fourth-order valence-electron chi connectivity index (χ4n) is 4.80. The van der Waals surface area contributed by atoms with Crippen LogP contribution in [0.3, 0.4) is 0 Å². The van der Waals surface area contributed by atoms with Crippen molar-refractivity contribution in [2.75, 3.05) is 44.3 Å². The van der Waals surface area contributed by atoms with Gasteiger partial charge in [-0.1, -0.05) is 6.92 Å². The molecule has 0 aliphatic carbocycles. The Hall–Kier alpha value is -2.78. The zero-order valence-corrected chi connectivity index (χ0v) is 26.8. The van der Waals surface area contributed by atoms with Crippen LogP contribution in [0, 0.1) is 11.7 Å². The zero-order valence-electron chi connectivity index (χ0n) is 25.2. The quantitative estimate of drug-likeness (QED) is 0.446. The van der Waals surface area contributed by atoms with Gasteiger partial charge in [-0.3, -0.25) is 9.52 Å². The molecule has 0 saturated carbocycles. The minimum absolute atomic E-state index is 0.0328. The molecule has 3 rings (SSSR count). The van der Waals surface area contributed by atoms with Crippen LogP contribution in [0.1, 0.15) is 50.4 Å². The summed E-state index contributed by atoms with van der Waals surface area (Å²) in [7, 11) is -6.16. The average Bonchev–Trinajstić information content (AvgIpc) is 2.93. The molecule has 1 aliphatic heterocycles. The standard InChI is InChI=1S/C29H42FN3O8S2/c1-20-17-33(21(2)19-34)29(35)26-16-24(31-42(5,36)37)11-14-27(26)41-22(3)8-6-7-15-40-28(20)18-32(4)43(38,39)25-12-9-23(30)10-13-25/h9-14,16,20-22,28,31,34H,6-8,15,17-19H2,1-5H3/t20-,21-,22-,28+/m0/s1. The summed E-state index contributed by atoms with van der Waals surface area (Å²) >= 11 is 0. The Morgan fingerprint density at radius 3 is 2.42 bits per heavy atom. The molecule has 1 heterocycles. The van der Waals surface area contributed by atoms with Gasteiger partial charge in [0.05, 0.1) is 41.6 Å². The van der Waals surface area contributed by atoms with Crippen LogP contribution in [0.2, 0.25) is 0 Å². The van der Waals surface area contributed by atoms with Gasteiger partial charge >= 0.3 is 0 Å². The highest BCUT2D eigenvalue weighted by molar-refractivity contribution is 7.92. The maximum atomic E-state index is 14.1. The number of likely N-dealkylation sites (N-methyl/N-ethyl adjacent to an activating group) is 1. The highest BCUT2D eigenvalue weighted by Crippen LogP contribution is 2.29. The molecule has 0 spiro atoms. The van der Waals surface area contributed by atoms with Gasteiger partial charge in [0.25, 0.3) is 5.91 Å². The molecule has 0 aromatic heterocycles. The first-order valence-corrected chi connectivity index (χ1v) is 17.5. The van der Waals surface area contributed by atoms with Gasteiger partial charge in [0.15, 0.2) is 0 Å². The van der Waals surface area contributed by atoms with Crippen molar-refractivity contribution in [2.24, 2.45) is 5.92 Å². The van der Waals surface area contributed by atoms with Crippen molar-refractivity contribution in [3.05, 3.63) is 53.8 Å². The first-order chi connectivity index (χ1) is 20.1. The molecular weight excluding hydrogens is 601 g/mol. The molecule has 1 aliphatic rings. The van der Waals surface area contributed by atoms with E-state index in [1.165, 1.54) is 36.2 Å². The predicted octanol–water partition coefficient (Wildman–Crippen LogP) is 3.31. The fourth-order valence-corrected chi connectivity index (χ4v) is 6.54. The number of carbonyl (C=O) groups excluding carboxylic acids is 1. The van der Waals surface area contributed by atoms with E-state index in [0.717, 1.165) is 29.1 Å². The van der Waals surface area contributed by atoms with E-state index in [-0.39, 0.29) is 47.7 Å². The molecule has 0 radical (unpaired) electrons. The van der Waals surface area contributed by atoms with Crippen molar-refractivity contribution >= 4 is 31.6 Å². The second-order valence-corrected chi connectivity index (χ2v) is 14.9. The number of rotatable bonds is 8. The van der Waals surface area contributed by atoms with Gasteiger partial charge in [-0.25, -0.2) is 21.2 Å². The number of fused-ring (bicyclic) bond motifs is 1. The van der Waals surface area contributed by atoms with Crippen LogP contribution in [-0.2, 0) is 24.8 Å². The van der Waals surface area contributed by atoms with Crippen molar-refractivity contribution in [1.29, 1.82) is 0 Å². The molecule has 43 heavy (non-hydrogen) atoms. The van der Waals surface area contributed by atoms with Gasteiger partial charge in [-0.05, 0) is 75.6 Å². The molecule has 2 aromatic rings. The number of hydrogen-bond donors (Lipinski definition) is 2. The lowest BCUT2D eigenvalue weighted by molar-refractivity contribution is -0.00833. The Labute approximate surface area is 254 Å². The van der Waals surface area contributed by atoms with Crippen LogP contribution in [0.4, 0.5) is 10.1 Å². The van der Waals surface area contributed by atoms with Gasteiger partial charge in [0, 0.05) is 38.3 Å². The Bertz CT molecular complexity index is 1450. The SMILES string of the molecule is C[C@H]1CCCCO[C@H](CN(C)S(=O)(=O)c2ccc(F)cc2)[C@@H](C)CN([C@@H](C)CO)C(=O)c2cc(NS(C)(=O)=O)ccc2O1. The molecule has 0 unspecified atom stereocenters. The molecule has 11 nitrogen and oxygen atoms in total. The number of hydrogen-bond acceptors (Lipinski definition) is 8. The topological polar surface area (TPSA) is 143 Å². The van der Waals surface area contributed by atoms with E-state index in [0.29, 0.717) is 19.4 Å². The molecule has 14 heteroatoms. The summed E-state index contributed by atoms with van der Waals surface area (Å²) in [6.45, 7) is 5.45. The molecule has 0 bridgehead atoms. The summed E-state index contributed by atoms with van der Waals surface area (Å²) in [4.78, 5) is 15.5. The molecule has 0 saturated heterocycles. The first-order valence-electron chi connectivity index (χ1n) is 14.2. The molecular formula is C29H42FN3O8S2. The van der Waals surface area contributed by atoms with Crippen LogP contribution in [-0.4, -0.2) is 94.9 Å². The van der Waals surface area contributed by atoms with Gasteiger partial charge in [0.2, 0.25) is 20.0 Å². The minimum atomic E-state index is -3.96. The number of halogens is 1.